The number of rotatable bonds is 8. The van der Waals surface area contributed by atoms with Crippen molar-refractivity contribution in [1.82, 2.24) is 15.6 Å². The van der Waals surface area contributed by atoms with Crippen LogP contribution in [-0.2, 0) is 11.4 Å². The van der Waals surface area contributed by atoms with Gasteiger partial charge in [-0.15, -0.1) is 11.3 Å². The van der Waals surface area contributed by atoms with Gasteiger partial charge in [0.15, 0.2) is 0 Å². The van der Waals surface area contributed by atoms with Gasteiger partial charge in [0.25, 0.3) is 5.91 Å². The molecule has 3 rings (SSSR count). The summed E-state index contributed by atoms with van der Waals surface area (Å²) in [5.74, 6) is 1.12. The van der Waals surface area contributed by atoms with E-state index in [1.165, 1.54) is 16.9 Å². The van der Waals surface area contributed by atoms with E-state index in [-0.39, 0.29) is 29.3 Å². The fourth-order valence-electron chi connectivity index (χ4n) is 4.03. The molecule has 2 N–H and O–H groups in total. The number of carbonyl (C=O) groups is 2. The molecule has 1 fully saturated rings. The van der Waals surface area contributed by atoms with Gasteiger partial charge in [-0.25, -0.2) is 4.98 Å². The van der Waals surface area contributed by atoms with Crippen LogP contribution in [0.15, 0.2) is 29.6 Å². The van der Waals surface area contributed by atoms with Gasteiger partial charge in [-0.1, -0.05) is 59.6 Å². The molecule has 180 valence electrons. The lowest BCUT2D eigenvalue weighted by molar-refractivity contribution is -0.123. The molecule has 2 atom stereocenters. The maximum atomic E-state index is 12.8. The summed E-state index contributed by atoms with van der Waals surface area (Å²) in [5, 5.41) is 8.78. The van der Waals surface area contributed by atoms with Crippen molar-refractivity contribution in [2.24, 2.45) is 5.41 Å². The third-order valence-corrected chi connectivity index (χ3v) is 6.64. The molecule has 6 nitrogen and oxygen atoms in total. The molecule has 2 aromatic rings. The second kappa shape index (κ2) is 11.1. The van der Waals surface area contributed by atoms with Crippen molar-refractivity contribution < 1.29 is 14.3 Å². The predicted molar refractivity (Wildman–Crippen MR) is 133 cm³/mol. The standard InChI is InChI=1S/C26H37N3O3S/c1-17(2)18-10-12-19(13-11-18)32-15-24-28-22(16-33-24)25(31)29-21-9-7-6-8-20(21)27-23(30)14-26(3,4)5/h10-13,16-17,20-21H,6-9,14-15H2,1-5H3,(H,27,30)(H,29,31)/t20-,21-/m1/s1. The van der Waals surface area contributed by atoms with Crippen LogP contribution in [0.4, 0.5) is 0 Å². The van der Waals surface area contributed by atoms with Crippen LogP contribution in [-0.4, -0.2) is 28.9 Å². The molecule has 1 aromatic carbocycles. The average molecular weight is 472 g/mol. The van der Waals surface area contributed by atoms with Gasteiger partial charge < -0.3 is 15.4 Å². The van der Waals surface area contributed by atoms with Crippen LogP contribution in [0.5, 0.6) is 5.75 Å². The van der Waals surface area contributed by atoms with Crippen LogP contribution >= 0.6 is 11.3 Å². The van der Waals surface area contributed by atoms with E-state index in [9.17, 15) is 9.59 Å². The SMILES string of the molecule is CC(C)c1ccc(OCc2nc(C(=O)N[C@@H]3CCCC[C@H]3NC(=O)CC(C)(C)C)cs2)cc1. The Labute approximate surface area is 201 Å². The molecule has 2 amide bonds. The molecule has 1 saturated carbocycles. The quantitative estimate of drug-likeness (QED) is 0.537. The Balaban J connectivity index is 1.53. The third-order valence-electron chi connectivity index (χ3n) is 5.81. The smallest absolute Gasteiger partial charge is 0.271 e. The van der Waals surface area contributed by atoms with E-state index < -0.39 is 0 Å². The zero-order valence-corrected chi connectivity index (χ0v) is 21.3. The molecule has 0 unspecified atom stereocenters. The molecule has 33 heavy (non-hydrogen) atoms. The third kappa shape index (κ3) is 7.84. The summed E-state index contributed by atoms with van der Waals surface area (Å²) in [6.07, 6.45) is 4.32. The second-order valence-corrected chi connectivity index (χ2v) is 11.4. The Morgan fingerprint density at radius 2 is 1.73 bits per heavy atom. The van der Waals surface area contributed by atoms with E-state index in [0.717, 1.165) is 36.4 Å². The predicted octanol–water partition coefficient (Wildman–Crippen LogP) is 5.44. The number of thiazole rings is 1. The number of nitrogens with zero attached hydrogens (tertiary/aromatic N) is 1. The molecular formula is C26H37N3O3S. The molecule has 7 heteroatoms. The maximum absolute atomic E-state index is 12.8. The summed E-state index contributed by atoms with van der Waals surface area (Å²) in [5.41, 5.74) is 1.61. The minimum Gasteiger partial charge on any atom is -0.486 e. The van der Waals surface area contributed by atoms with Gasteiger partial charge in [0.1, 0.15) is 23.1 Å². The highest BCUT2D eigenvalue weighted by Crippen LogP contribution is 2.23. The van der Waals surface area contributed by atoms with Crippen LogP contribution in [0.2, 0.25) is 0 Å². The normalized spacial score (nSPS) is 18.7. The minimum atomic E-state index is -0.194. The first-order valence-corrected chi connectivity index (χ1v) is 12.8. The zero-order valence-electron chi connectivity index (χ0n) is 20.4. The summed E-state index contributed by atoms with van der Waals surface area (Å²) in [6.45, 7) is 10.8. The number of hydrogen-bond acceptors (Lipinski definition) is 5. The lowest BCUT2D eigenvalue weighted by Crippen LogP contribution is -2.53. The first kappa shape index (κ1) is 25.2. The monoisotopic (exact) mass is 471 g/mol. The van der Waals surface area contributed by atoms with Crippen LogP contribution in [0.3, 0.4) is 0 Å². The maximum Gasteiger partial charge on any atom is 0.271 e. The molecule has 0 radical (unpaired) electrons. The van der Waals surface area contributed by atoms with Crippen molar-refractivity contribution in [2.75, 3.05) is 0 Å². The summed E-state index contributed by atoms with van der Waals surface area (Å²) in [7, 11) is 0. The van der Waals surface area contributed by atoms with Crippen LogP contribution in [0.1, 0.15) is 93.7 Å². The van der Waals surface area contributed by atoms with Gasteiger partial charge in [-0.2, -0.15) is 0 Å². The lowest BCUT2D eigenvalue weighted by Gasteiger charge is -2.33. The fourth-order valence-corrected chi connectivity index (χ4v) is 4.72. The van der Waals surface area contributed by atoms with Crippen molar-refractivity contribution in [3.05, 3.63) is 45.9 Å². The zero-order chi connectivity index (χ0) is 24.0. The van der Waals surface area contributed by atoms with Crippen LogP contribution in [0.25, 0.3) is 0 Å². The van der Waals surface area contributed by atoms with Crippen LogP contribution in [0, 0.1) is 5.41 Å². The molecule has 0 spiro atoms. The number of benzene rings is 1. The van der Waals surface area contributed by atoms with Gasteiger partial charge in [-0.3, -0.25) is 9.59 Å². The van der Waals surface area contributed by atoms with Crippen molar-refractivity contribution in [3.8, 4) is 5.75 Å². The van der Waals surface area contributed by atoms with Crippen molar-refractivity contribution >= 4 is 23.2 Å². The number of hydrogen-bond donors (Lipinski definition) is 2. The van der Waals surface area contributed by atoms with Gasteiger partial charge in [0, 0.05) is 23.9 Å². The minimum absolute atomic E-state index is 0.0344. The van der Waals surface area contributed by atoms with Crippen molar-refractivity contribution in [3.63, 3.8) is 0 Å². The van der Waals surface area contributed by atoms with Gasteiger partial charge in [0.2, 0.25) is 5.91 Å². The fraction of sp³-hybridized carbons (Fsp3) is 0.577. The van der Waals surface area contributed by atoms with E-state index >= 15 is 0 Å². The van der Waals surface area contributed by atoms with Gasteiger partial charge in [0.05, 0.1) is 0 Å². The Morgan fingerprint density at radius 1 is 1.09 bits per heavy atom. The van der Waals surface area contributed by atoms with Crippen molar-refractivity contribution in [2.45, 2.75) is 91.3 Å². The largest absolute Gasteiger partial charge is 0.486 e. The number of aromatic nitrogens is 1. The number of ether oxygens (including phenoxy) is 1. The van der Waals surface area contributed by atoms with Gasteiger partial charge >= 0.3 is 0 Å². The Morgan fingerprint density at radius 3 is 2.33 bits per heavy atom. The second-order valence-electron chi connectivity index (χ2n) is 10.4. The highest BCUT2D eigenvalue weighted by atomic mass is 32.1. The van der Waals surface area contributed by atoms with E-state index in [4.69, 9.17) is 4.74 Å². The number of carbonyl (C=O) groups excluding carboxylic acids is 2. The molecule has 0 saturated heterocycles. The first-order chi connectivity index (χ1) is 15.6. The van der Waals surface area contributed by atoms with Crippen molar-refractivity contribution in [1.29, 1.82) is 0 Å². The van der Waals surface area contributed by atoms with E-state index in [2.05, 4.69) is 62.4 Å². The highest BCUT2D eigenvalue weighted by molar-refractivity contribution is 7.09. The number of nitrogens with one attached hydrogen (secondary N) is 2. The van der Waals surface area contributed by atoms with E-state index in [1.807, 2.05) is 12.1 Å². The summed E-state index contributed by atoms with van der Waals surface area (Å²) >= 11 is 1.42. The molecular weight excluding hydrogens is 434 g/mol. The lowest BCUT2D eigenvalue weighted by atomic mass is 9.88. The summed E-state index contributed by atoms with van der Waals surface area (Å²) in [4.78, 5) is 29.7. The topological polar surface area (TPSA) is 80.3 Å². The van der Waals surface area contributed by atoms with E-state index in [0.29, 0.717) is 24.6 Å². The molecule has 1 aromatic heterocycles. The summed E-state index contributed by atoms with van der Waals surface area (Å²) < 4.78 is 5.84. The Kier molecular flexibility index (Phi) is 8.51. The molecule has 1 aliphatic carbocycles. The molecule has 1 heterocycles. The first-order valence-electron chi connectivity index (χ1n) is 11.9. The molecule has 0 bridgehead atoms. The Hall–Kier alpha value is -2.41. The Bertz CT molecular complexity index is 931. The molecule has 0 aliphatic heterocycles. The highest BCUT2D eigenvalue weighted by Gasteiger charge is 2.29. The summed E-state index contributed by atoms with van der Waals surface area (Å²) in [6, 6.07) is 7.97. The molecule has 1 aliphatic rings. The van der Waals surface area contributed by atoms with E-state index in [1.54, 1.807) is 5.38 Å². The van der Waals surface area contributed by atoms with Gasteiger partial charge in [-0.05, 0) is 41.9 Å². The number of amides is 2. The average Bonchev–Trinajstić information content (AvgIpc) is 3.22. The van der Waals surface area contributed by atoms with Crippen LogP contribution < -0.4 is 15.4 Å².